The minimum absolute atomic E-state index is 0.232. The van der Waals surface area contributed by atoms with Gasteiger partial charge >= 0.3 is 12.2 Å². The molecule has 2 amide bonds. The minimum Gasteiger partial charge on any atom is -0.464 e. The van der Waals surface area contributed by atoms with Crippen LogP contribution in [0.3, 0.4) is 0 Å². The van der Waals surface area contributed by atoms with Crippen LogP contribution in [0.25, 0.3) is 11.0 Å². The van der Waals surface area contributed by atoms with E-state index in [9.17, 15) is 9.59 Å². The number of hydrazine groups is 1. The number of rotatable bonds is 4. The van der Waals surface area contributed by atoms with Crippen molar-refractivity contribution in [3.05, 3.63) is 30.5 Å². The Morgan fingerprint density at radius 2 is 2.19 bits per heavy atom. The van der Waals surface area contributed by atoms with Gasteiger partial charge in [-0.1, -0.05) is 13.3 Å². The zero-order chi connectivity index (χ0) is 15.2. The summed E-state index contributed by atoms with van der Waals surface area (Å²) in [6, 6.07) is 6.67. The van der Waals surface area contributed by atoms with Gasteiger partial charge < -0.3 is 14.3 Å². The normalized spacial score (nSPS) is 10.3. The van der Waals surface area contributed by atoms with Crippen molar-refractivity contribution >= 4 is 28.8 Å². The van der Waals surface area contributed by atoms with Crippen LogP contribution in [-0.4, -0.2) is 23.9 Å². The Hall–Kier alpha value is -2.70. The Morgan fingerprint density at radius 3 is 2.90 bits per heavy atom. The molecule has 0 radical (unpaired) electrons. The first-order valence-electron chi connectivity index (χ1n) is 6.55. The number of ether oxygens (including phenoxy) is 1. The number of benzene rings is 1. The Kier molecular flexibility index (Phi) is 4.65. The highest BCUT2D eigenvalue weighted by Gasteiger charge is 2.20. The van der Waals surface area contributed by atoms with E-state index >= 15 is 0 Å². The van der Waals surface area contributed by atoms with Crippen LogP contribution in [0.15, 0.2) is 34.9 Å². The fourth-order valence-electron chi connectivity index (χ4n) is 1.76. The molecule has 0 aliphatic rings. The van der Waals surface area contributed by atoms with Crippen LogP contribution >= 0.6 is 0 Å². The number of carbonyl (C=O) groups is 2. The molecule has 2 N–H and O–H groups in total. The zero-order valence-electron chi connectivity index (χ0n) is 11.5. The van der Waals surface area contributed by atoms with Gasteiger partial charge in [0.25, 0.3) is 0 Å². The summed E-state index contributed by atoms with van der Waals surface area (Å²) in [6.07, 6.45) is 0.962. The third kappa shape index (κ3) is 3.65. The molecule has 112 valence electrons. The molecule has 1 aromatic heterocycles. The van der Waals surface area contributed by atoms with Gasteiger partial charge in [0, 0.05) is 11.5 Å². The summed E-state index contributed by atoms with van der Waals surface area (Å²) < 4.78 is 10.3. The lowest BCUT2D eigenvalue weighted by atomic mass is 10.2. The molecule has 0 aliphatic heterocycles. The Morgan fingerprint density at radius 1 is 1.38 bits per heavy atom. The lowest BCUT2D eigenvalue weighted by Crippen LogP contribution is -2.46. The number of hydrogen-bond donors (Lipinski definition) is 2. The maximum atomic E-state index is 12.0. The molecule has 1 heterocycles. The zero-order valence-corrected chi connectivity index (χ0v) is 11.5. The van der Waals surface area contributed by atoms with Gasteiger partial charge in [0.2, 0.25) is 0 Å². The first kappa shape index (κ1) is 14.7. The van der Waals surface area contributed by atoms with Gasteiger partial charge in [-0.2, -0.15) is 5.01 Å². The molecule has 21 heavy (non-hydrogen) atoms. The second kappa shape index (κ2) is 6.65. The highest BCUT2D eigenvalue weighted by molar-refractivity contribution is 5.93. The van der Waals surface area contributed by atoms with Crippen LogP contribution in [-0.2, 0) is 4.74 Å². The number of fused-ring (bicyclic) bond motifs is 1. The van der Waals surface area contributed by atoms with E-state index in [2.05, 4.69) is 0 Å². The number of carbonyl (C=O) groups excluding carboxylic acids is 1. The molecule has 2 aromatic rings. The van der Waals surface area contributed by atoms with E-state index in [-0.39, 0.29) is 6.61 Å². The van der Waals surface area contributed by atoms with Crippen LogP contribution in [0.5, 0.6) is 0 Å². The molecule has 0 atom stereocenters. The lowest BCUT2D eigenvalue weighted by molar-refractivity contribution is 0.145. The number of anilines is 1. The van der Waals surface area contributed by atoms with E-state index in [1.54, 1.807) is 24.3 Å². The van der Waals surface area contributed by atoms with Crippen molar-refractivity contribution in [2.45, 2.75) is 19.8 Å². The third-order valence-electron chi connectivity index (χ3n) is 2.81. The van der Waals surface area contributed by atoms with Gasteiger partial charge in [-0.3, -0.25) is 0 Å². The number of nitrogens with one attached hydrogen (secondary N) is 1. The molecule has 0 saturated heterocycles. The number of hydrogen-bond acceptors (Lipinski definition) is 4. The van der Waals surface area contributed by atoms with Crippen molar-refractivity contribution in [3.63, 3.8) is 0 Å². The summed E-state index contributed by atoms with van der Waals surface area (Å²) >= 11 is 0. The van der Waals surface area contributed by atoms with Crippen LogP contribution in [0.4, 0.5) is 15.3 Å². The third-order valence-corrected chi connectivity index (χ3v) is 2.81. The van der Waals surface area contributed by atoms with Crippen molar-refractivity contribution in [2.24, 2.45) is 0 Å². The van der Waals surface area contributed by atoms with Gasteiger partial charge in [-0.25, -0.2) is 15.0 Å². The minimum atomic E-state index is -1.36. The van der Waals surface area contributed by atoms with Crippen molar-refractivity contribution in [3.8, 4) is 0 Å². The second-order valence-electron chi connectivity index (χ2n) is 4.36. The highest BCUT2D eigenvalue weighted by Crippen LogP contribution is 2.22. The smallest absolute Gasteiger partial charge is 0.433 e. The maximum absolute atomic E-state index is 12.0. The summed E-state index contributed by atoms with van der Waals surface area (Å²) in [4.78, 5) is 22.8. The summed E-state index contributed by atoms with van der Waals surface area (Å²) in [5, 5.41) is 10.5. The molecule has 0 bridgehead atoms. The summed E-state index contributed by atoms with van der Waals surface area (Å²) in [7, 11) is 0. The van der Waals surface area contributed by atoms with E-state index in [0.717, 1.165) is 16.8 Å². The average molecular weight is 292 g/mol. The molecular weight excluding hydrogens is 276 g/mol. The van der Waals surface area contributed by atoms with Crippen molar-refractivity contribution in [1.29, 1.82) is 0 Å². The Labute approximate surface area is 121 Å². The largest absolute Gasteiger partial charge is 0.464 e. The Balaban J connectivity index is 2.21. The second-order valence-corrected chi connectivity index (χ2v) is 4.36. The monoisotopic (exact) mass is 292 g/mol. The molecule has 0 fully saturated rings. The molecule has 1 aromatic carbocycles. The molecular formula is C14H16N2O5. The van der Waals surface area contributed by atoms with E-state index in [4.69, 9.17) is 14.3 Å². The van der Waals surface area contributed by atoms with E-state index in [1.165, 1.54) is 6.26 Å². The van der Waals surface area contributed by atoms with E-state index in [1.807, 2.05) is 12.3 Å². The van der Waals surface area contributed by atoms with Crippen LogP contribution < -0.4 is 10.4 Å². The fraction of sp³-hybridized carbons (Fsp3) is 0.286. The van der Waals surface area contributed by atoms with Gasteiger partial charge in [0.15, 0.2) is 0 Å². The lowest BCUT2D eigenvalue weighted by Gasteiger charge is -2.21. The fourth-order valence-corrected chi connectivity index (χ4v) is 1.76. The molecule has 7 heteroatoms. The van der Waals surface area contributed by atoms with Crippen LogP contribution in [0, 0.1) is 0 Å². The van der Waals surface area contributed by atoms with Crippen LogP contribution in [0.2, 0.25) is 0 Å². The molecule has 7 nitrogen and oxygen atoms in total. The van der Waals surface area contributed by atoms with E-state index < -0.39 is 12.2 Å². The average Bonchev–Trinajstić information content (AvgIpc) is 2.92. The molecule has 0 unspecified atom stereocenters. The summed E-state index contributed by atoms with van der Waals surface area (Å²) in [5.74, 6) is 0. The summed E-state index contributed by atoms with van der Waals surface area (Å²) in [6.45, 7) is 2.20. The predicted octanol–water partition coefficient (Wildman–Crippen LogP) is 3.36. The van der Waals surface area contributed by atoms with Crippen molar-refractivity contribution in [2.75, 3.05) is 11.6 Å². The number of nitrogens with zero attached hydrogens (tertiary/aromatic N) is 1. The quantitative estimate of drug-likeness (QED) is 0.666. The molecule has 2 rings (SSSR count). The number of amides is 2. The van der Waals surface area contributed by atoms with E-state index in [0.29, 0.717) is 17.7 Å². The highest BCUT2D eigenvalue weighted by atomic mass is 16.6. The van der Waals surface area contributed by atoms with Gasteiger partial charge in [-0.05, 0) is 24.6 Å². The van der Waals surface area contributed by atoms with Crippen LogP contribution in [0.1, 0.15) is 19.8 Å². The predicted molar refractivity (Wildman–Crippen MR) is 76.1 cm³/mol. The molecule has 0 saturated carbocycles. The topological polar surface area (TPSA) is 92.0 Å². The molecule has 0 spiro atoms. The van der Waals surface area contributed by atoms with Gasteiger partial charge in [-0.15, -0.1) is 0 Å². The van der Waals surface area contributed by atoms with Crippen molar-refractivity contribution < 1.29 is 23.8 Å². The van der Waals surface area contributed by atoms with Gasteiger partial charge in [0.1, 0.15) is 5.58 Å². The number of unbranched alkanes of at least 4 members (excludes halogenated alkanes) is 1. The standard InChI is InChI=1S/C14H16N2O5/c1-2-3-7-21-14(19)16(15-13(17)18)11-5-4-10-6-8-20-12(10)9-11/h4-6,8-9,15H,2-3,7H2,1H3,(H,17,18). The van der Waals surface area contributed by atoms with Crippen molar-refractivity contribution in [1.82, 2.24) is 5.43 Å². The first-order valence-corrected chi connectivity index (χ1v) is 6.55. The first-order chi connectivity index (χ1) is 10.1. The number of furan rings is 1. The molecule has 0 aliphatic carbocycles. The maximum Gasteiger partial charge on any atom is 0.433 e. The summed E-state index contributed by atoms with van der Waals surface area (Å²) in [5.41, 5.74) is 2.88. The number of carboxylic acid groups (broad SMARTS) is 1. The SMILES string of the molecule is CCCCOC(=O)N(NC(=O)O)c1ccc2ccoc2c1. The van der Waals surface area contributed by atoms with Gasteiger partial charge in [0.05, 0.1) is 18.6 Å². The Bertz CT molecular complexity index is 637.